The largest absolute Gasteiger partial charge is 0.495 e. The second kappa shape index (κ2) is 5.72. The summed E-state index contributed by atoms with van der Waals surface area (Å²) in [5, 5.41) is 5.23. The van der Waals surface area contributed by atoms with Crippen LogP contribution in [-0.4, -0.2) is 17.3 Å². The Morgan fingerprint density at radius 3 is 2.59 bits per heavy atom. The van der Waals surface area contributed by atoms with Gasteiger partial charge in [0.1, 0.15) is 17.2 Å². The van der Waals surface area contributed by atoms with Crippen molar-refractivity contribution in [3.63, 3.8) is 0 Å². The topological polar surface area (TPSA) is 48.2 Å². The molecule has 0 saturated heterocycles. The molecule has 0 aliphatic rings. The molecule has 0 fully saturated rings. The van der Waals surface area contributed by atoms with Gasteiger partial charge in [-0.05, 0) is 46.6 Å². The number of hydrogen-bond donors (Lipinski definition) is 0. The third-order valence-electron chi connectivity index (χ3n) is 3.67. The number of halogens is 1. The van der Waals surface area contributed by atoms with Crippen molar-refractivity contribution in [3.8, 4) is 17.1 Å². The van der Waals surface area contributed by atoms with Crippen LogP contribution in [0.4, 0.5) is 0 Å². The van der Waals surface area contributed by atoms with Crippen molar-refractivity contribution < 1.29 is 9.26 Å². The van der Waals surface area contributed by atoms with E-state index in [9.17, 15) is 0 Å². The quantitative estimate of drug-likeness (QED) is 0.652. The number of rotatable bonds is 3. The Bertz CT molecular complexity index is 840. The van der Waals surface area contributed by atoms with Gasteiger partial charge in [0, 0.05) is 17.4 Å². The third-order valence-corrected chi connectivity index (χ3v) is 4.44. The average molecular weight is 361 g/mol. The predicted molar refractivity (Wildman–Crippen MR) is 90.3 cm³/mol. The first-order valence-corrected chi connectivity index (χ1v) is 7.91. The van der Waals surface area contributed by atoms with Crippen LogP contribution in [0.25, 0.3) is 22.3 Å². The monoisotopic (exact) mass is 360 g/mol. The van der Waals surface area contributed by atoms with E-state index >= 15 is 0 Å². The molecular weight excluding hydrogens is 344 g/mol. The van der Waals surface area contributed by atoms with Gasteiger partial charge < -0.3 is 9.26 Å². The lowest BCUT2D eigenvalue weighted by Crippen LogP contribution is -1.92. The molecule has 0 N–H and O–H groups in total. The second-order valence-electron chi connectivity index (χ2n) is 5.57. The van der Waals surface area contributed by atoms with Crippen molar-refractivity contribution in [3.05, 3.63) is 40.1 Å². The van der Waals surface area contributed by atoms with Crippen LogP contribution in [0.3, 0.4) is 0 Å². The molecule has 0 aliphatic heterocycles. The summed E-state index contributed by atoms with van der Waals surface area (Å²) in [4.78, 5) is 4.74. The number of methoxy groups -OCH3 is 1. The molecule has 0 aliphatic carbocycles. The first-order chi connectivity index (χ1) is 10.5. The Morgan fingerprint density at radius 2 is 1.95 bits per heavy atom. The molecule has 0 radical (unpaired) electrons. The minimum absolute atomic E-state index is 0.301. The molecule has 0 bridgehead atoms. The molecule has 22 heavy (non-hydrogen) atoms. The van der Waals surface area contributed by atoms with Gasteiger partial charge in [0.2, 0.25) is 0 Å². The van der Waals surface area contributed by atoms with Crippen LogP contribution in [0.15, 0.2) is 33.3 Å². The molecular formula is C17H17BrN2O2. The molecule has 5 heteroatoms. The van der Waals surface area contributed by atoms with Gasteiger partial charge in [-0.25, -0.2) is 4.98 Å². The lowest BCUT2D eigenvalue weighted by molar-refractivity contribution is 0.373. The molecule has 0 atom stereocenters. The molecule has 0 amide bonds. The SMILES string of the molecule is COc1ccc2c(C)cc(-c3cc(C(C)C)on3)nc2c1Br. The highest BCUT2D eigenvalue weighted by molar-refractivity contribution is 9.10. The summed E-state index contributed by atoms with van der Waals surface area (Å²) in [7, 11) is 1.65. The minimum atomic E-state index is 0.301. The smallest absolute Gasteiger partial charge is 0.139 e. The van der Waals surface area contributed by atoms with E-state index in [0.717, 1.165) is 43.8 Å². The molecule has 0 spiro atoms. The first-order valence-electron chi connectivity index (χ1n) is 7.12. The van der Waals surface area contributed by atoms with Crippen molar-refractivity contribution >= 4 is 26.8 Å². The predicted octanol–water partition coefficient (Wildman–Crippen LogP) is 5.09. The average Bonchev–Trinajstić information content (AvgIpc) is 2.98. The van der Waals surface area contributed by atoms with Gasteiger partial charge >= 0.3 is 0 Å². The Labute approximate surface area is 137 Å². The van der Waals surface area contributed by atoms with E-state index in [2.05, 4.69) is 41.9 Å². The van der Waals surface area contributed by atoms with E-state index in [1.165, 1.54) is 0 Å². The molecule has 2 heterocycles. The molecule has 3 aromatic rings. The summed E-state index contributed by atoms with van der Waals surface area (Å²) in [5.74, 6) is 1.92. The van der Waals surface area contributed by atoms with Crippen molar-refractivity contribution in [2.75, 3.05) is 7.11 Å². The molecule has 2 aromatic heterocycles. The molecule has 0 saturated carbocycles. The van der Waals surface area contributed by atoms with E-state index in [4.69, 9.17) is 14.2 Å². The standard InChI is InChI=1S/C17H17BrN2O2/c1-9(2)15-8-13(20-22-15)12-7-10(3)11-5-6-14(21-4)16(18)17(11)19-12/h5-9H,1-4H3. The van der Waals surface area contributed by atoms with E-state index in [0.29, 0.717) is 5.92 Å². The number of hydrogen-bond acceptors (Lipinski definition) is 4. The maximum atomic E-state index is 5.38. The molecule has 1 aromatic carbocycles. The maximum absolute atomic E-state index is 5.38. The second-order valence-corrected chi connectivity index (χ2v) is 6.36. The van der Waals surface area contributed by atoms with E-state index in [1.54, 1.807) is 7.11 Å². The lowest BCUT2D eigenvalue weighted by atomic mass is 10.1. The van der Waals surface area contributed by atoms with Gasteiger partial charge in [0.15, 0.2) is 0 Å². The van der Waals surface area contributed by atoms with E-state index in [1.807, 2.05) is 24.3 Å². The first kappa shape index (κ1) is 15.0. The van der Waals surface area contributed by atoms with Gasteiger partial charge in [0.25, 0.3) is 0 Å². The Morgan fingerprint density at radius 1 is 1.18 bits per heavy atom. The van der Waals surface area contributed by atoms with Crippen molar-refractivity contribution in [2.24, 2.45) is 0 Å². The molecule has 114 valence electrons. The summed E-state index contributed by atoms with van der Waals surface area (Å²) in [5.41, 5.74) is 3.55. The van der Waals surface area contributed by atoms with Crippen LogP contribution in [0.2, 0.25) is 0 Å². The van der Waals surface area contributed by atoms with Gasteiger partial charge in [-0.2, -0.15) is 0 Å². The Hall–Kier alpha value is -1.88. The lowest BCUT2D eigenvalue weighted by Gasteiger charge is -2.09. The fourth-order valence-electron chi connectivity index (χ4n) is 2.38. The molecule has 4 nitrogen and oxygen atoms in total. The van der Waals surface area contributed by atoms with Gasteiger partial charge in [-0.15, -0.1) is 0 Å². The number of benzene rings is 1. The number of ether oxygens (including phenoxy) is 1. The Kier molecular flexibility index (Phi) is 3.91. The van der Waals surface area contributed by atoms with Crippen LogP contribution < -0.4 is 4.74 Å². The molecule has 0 unspecified atom stereocenters. The van der Waals surface area contributed by atoms with Crippen LogP contribution in [0.1, 0.15) is 31.1 Å². The number of aromatic nitrogens is 2. The summed E-state index contributed by atoms with van der Waals surface area (Å²) >= 11 is 3.58. The van der Waals surface area contributed by atoms with Crippen LogP contribution in [0, 0.1) is 6.92 Å². The maximum Gasteiger partial charge on any atom is 0.139 e. The summed E-state index contributed by atoms with van der Waals surface area (Å²) < 4.78 is 11.6. The van der Waals surface area contributed by atoms with Crippen molar-refractivity contribution in [2.45, 2.75) is 26.7 Å². The summed E-state index contributed by atoms with van der Waals surface area (Å²) in [6.07, 6.45) is 0. The number of nitrogens with zero attached hydrogens (tertiary/aromatic N) is 2. The van der Waals surface area contributed by atoms with E-state index < -0.39 is 0 Å². The number of aryl methyl sites for hydroxylation is 1. The van der Waals surface area contributed by atoms with Gasteiger partial charge in [-0.3, -0.25) is 0 Å². The molecule has 3 rings (SSSR count). The highest BCUT2D eigenvalue weighted by Gasteiger charge is 2.15. The summed E-state index contributed by atoms with van der Waals surface area (Å²) in [6, 6.07) is 7.94. The highest BCUT2D eigenvalue weighted by Crippen LogP contribution is 2.35. The third kappa shape index (κ3) is 2.50. The van der Waals surface area contributed by atoms with E-state index in [-0.39, 0.29) is 0 Å². The van der Waals surface area contributed by atoms with Gasteiger partial charge in [0.05, 0.1) is 22.8 Å². The minimum Gasteiger partial charge on any atom is -0.495 e. The highest BCUT2D eigenvalue weighted by atomic mass is 79.9. The van der Waals surface area contributed by atoms with Crippen LogP contribution in [0.5, 0.6) is 5.75 Å². The van der Waals surface area contributed by atoms with Crippen LogP contribution in [-0.2, 0) is 0 Å². The fraction of sp³-hybridized carbons (Fsp3) is 0.294. The summed E-state index contributed by atoms with van der Waals surface area (Å²) in [6.45, 7) is 6.21. The zero-order chi connectivity index (χ0) is 15.9. The van der Waals surface area contributed by atoms with Gasteiger partial charge in [-0.1, -0.05) is 19.0 Å². The number of pyridine rings is 1. The fourth-order valence-corrected chi connectivity index (χ4v) is 2.98. The normalized spacial score (nSPS) is 11.4. The zero-order valence-electron chi connectivity index (χ0n) is 13.0. The zero-order valence-corrected chi connectivity index (χ0v) is 14.6. The van der Waals surface area contributed by atoms with Crippen molar-refractivity contribution in [1.29, 1.82) is 0 Å². The van der Waals surface area contributed by atoms with Crippen LogP contribution >= 0.6 is 15.9 Å². The number of fused-ring (bicyclic) bond motifs is 1. The van der Waals surface area contributed by atoms with Crippen molar-refractivity contribution in [1.82, 2.24) is 10.1 Å². The Balaban J connectivity index is 2.20.